The first-order chi connectivity index (χ1) is 8.59. The largest absolute Gasteiger partial charge is 0.393 e. The fourth-order valence-electron chi connectivity index (χ4n) is 1.92. The second-order valence-electron chi connectivity index (χ2n) is 4.60. The van der Waals surface area contributed by atoms with Gasteiger partial charge in [0.2, 0.25) is 0 Å². The average molecular weight is 265 g/mol. The number of rotatable bonds is 5. The van der Waals surface area contributed by atoms with Crippen molar-refractivity contribution in [2.45, 2.75) is 39.7 Å². The van der Waals surface area contributed by atoms with Crippen molar-refractivity contribution in [2.75, 3.05) is 11.9 Å². The van der Waals surface area contributed by atoms with Crippen molar-refractivity contribution in [2.24, 2.45) is 0 Å². The number of aliphatic hydroxyl groups is 1. The van der Waals surface area contributed by atoms with Gasteiger partial charge in [0.25, 0.3) is 0 Å². The van der Waals surface area contributed by atoms with E-state index in [1.807, 2.05) is 6.92 Å². The Bertz CT molecular complexity index is 536. The number of aliphatic hydroxyl groups excluding tert-OH is 1. The Morgan fingerprint density at radius 1 is 1.39 bits per heavy atom. The number of aryl methyl sites for hydroxylation is 2. The Labute approximate surface area is 111 Å². The van der Waals surface area contributed by atoms with E-state index in [9.17, 15) is 5.11 Å². The Morgan fingerprint density at radius 2 is 2.17 bits per heavy atom. The summed E-state index contributed by atoms with van der Waals surface area (Å²) < 4.78 is 0. The van der Waals surface area contributed by atoms with Crippen LogP contribution in [0.25, 0.3) is 10.2 Å². The lowest BCUT2D eigenvalue weighted by molar-refractivity contribution is 0.183. The molecule has 0 saturated carbocycles. The van der Waals surface area contributed by atoms with E-state index >= 15 is 0 Å². The molecule has 0 bridgehead atoms. The molecule has 1 unspecified atom stereocenters. The standard InChI is InChI=1S/C13H19N3OS/c1-8(17)5-4-6-14-12-11-9(2)10(3)18-13(11)16-7-15-12/h7-8,17H,4-6H2,1-3H3,(H,14,15,16). The maximum Gasteiger partial charge on any atom is 0.138 e. The molecule has 0 spiro atoms. The van der Waals surface area contributed by atoms with Crippen molar-refractivity contribution >= 4 is 27.4 Å². The van der Waals surface area contributed by atoms with Crippen LogP contribution in [0.15, 0.2) is 6.33 Å². The predicted molar refractivity (Wildman–Crippen MR) is 76.3 cm³/mol. The minimum atomic E-state index is -0.234. The van der Waals surface area contributed by atoms with Gasteiger partial charge in [-0.1, -0.05) is 0 Å². The van der Waals surface area contributed by atoms with Crippen molar-refractivity contribution in [1.29, 1.82) is 0 Å². The van der Waals surface area contributed by atoms with Gasteiger partial charge in [-0.25, -0.2) is 9.97 Å². The molecule has 1 atom stereocenters. The predicted octanol–water partition coefficient (Wildman–Crippen LogP) is 2.88. The number of nitrogens with zero attached hydrogens (tertiary/aromatic N) is 2. The molecule has 2 heterocycles. The molecule has 0 saturated heterocycles. The van der Waals surface area contributed by atoms with Crippen molar-refractivity contribution < 1.29 is 5.11 Å². The zero-order valence-electron chi connectivity index (χ0n) is 11.0. The summed E-state index contributed by atoms with van der Waals surface area (Å²) in [6.07, 6.45) is 3.12. The normalized spacial score (nSPS) is 12.9. The van der Waals surface area contributed by atoms with Crippen LogP contribution < -0.4 is 5.32 Å². The van der Waals surface area contributed by atoms with Crippen LogP contribution >= 0.6 is 11.3 Å². The van der Waals surface area contributed by atoms with Gasteiger partial charge >= 0.3 is 0 Å². The first-order valence-corrected chi connectivity index (χ1v) is 7.04. The number of fused-ring (bicyclic) bond motifs is 1. The van der Waals surface area contributed by atoms with Gasteiger partial charge < -0.3 is 10.4 Å². The second kappa shape index (κ2) is 5.63. The zero-order chi connectivity index (χ0) is 13.1. The Balaban J connectivity index is 2.13. The summed E-state index contributed by atoms with van der Waals surface area (Å²) in [6, 6.07) is 0. The van der Waals surface area contributed by atoms with Crippen LogP contribution in [0.2, 0.25) is 0 Å². The maximum atomic E-state index is 9.22. The quantitative estimate of drug-likeness (QED) is 0.816. The summed E-state index contributed by atoms with van der Waals surface area (Å²) in [6.45, 7) is 6.86. The fraction of sp³-hybridized carbons (Fsp3) is 0.538. The molecule has 2 N–H and O–H groups in total. The molecule has 0 aliphatic carbocycles. The van der Waals surface area contributed by atoms with E-state index in [0.717, 1.165) is 35.4 Å². The first kappa shape index (κ1) is 13.2. The molecule has 2 rings (SSSR count). The molecule has 18 heavy (non-hydrogen) atoms. The van der Waals surface area contributed by atoms with Crippen molar-refractivity contribution in [3.05, 3.63) is 16.8 Å². The molecule has 0 fully saturated rings. The fourth-order valence-corrected chi connectivity index (χ4v) is 2.92. The lowest BCUT2D eigenvalue weighted by Gasteiger charge is -2.08. The summed E-state index contributed by atoms with van der Waals surface area (Å²) in [5.74, 6) is 0.910. The minimum absolute atomic E-state index is 0.234. The third-order valence-corrected chi connectivity index (χ3v) is 4.17. The monoisotopic (exact) mass is 265 g/mol. The third kappa shape index (κ3) is 2.79. The number of thiophene rings is 1. The lowest BCUT2D eigenvalue weighted by Crippen LogP contribution is -2.08. The molecule has 2 aromatic heterocycles. The van der Waals surface area contributed by atoms with Gasteiger partial charge in [-0.3, -0.25) is 0 Å². The number of hydrogen-bond acceptors (Lipinski definition) is 5. The summed E-state index contributed by atoms with van der Waals surface area (Å²) in [7, 11) is 0. The van der Waals surface area contributed by atoms with E-state index in [1.54, 1.807) is 17.7 Å². The van der Waals surface area contributed by atoms with Gasteiger partial charge in [-0.15, -0.1) is 11.3 Å². The molecular formula is C13H19N3OS. The summed E-state index contributed by atoms with van der Waals surface area (Å²) in [5, 5.41) is 13.7. The van der Waals surface area contributed by atoms with Crippen LogP contribution in [-0.4, -0.2) is 27.7 Å². The number of nitrogens with one attached hydrogen (secondary N) is 1. The molecule has 0 aliphatic heterocycles. The smallest absolute Gasteiger partial charge is 0.138 e. The third-order valence-electron chi connectivity index (χ3n) is 3.06. The van der Waals surface area contributed by atoms with E-state index in [2.05, 4.69) is 29.1 Å². The molecule has 4 nitrogen and oxygen atoms in total. The van der Waals surface area contributed by atoms with E-state index in [4.69, 9.17) is 0 Å². The molecule has 2 aromatic rings. The zero-order valence-corrected chi connectivity index (χ0v) is 11.8. The van der Waals surface area contributed by atoms with Gasteiger partial charge in [-0.05, 0) is 39.2 Å². The molecule has 0 aromatic carbocycles. The topological polar surface area (TPSA) is 58.0 Å². The Morgan fingerprint density at radius 3 is 2.89 bits per heavy atom. The highest BCUT2D eigenvalue weighted by Crippen LogP contribution is 2.32. The van der Waals surface area contributed by atoms with Gasteiger partial charge in [0, 0.05) is 11.4 Å². The van der Waals surface area contributed by atoms with Crippen LogP contribution in [0.5, 0.6) is 0 Å². The van der Waals surface area contributed by atoms with Crippen LogP contribution in [0, 0.1) is 13.8 Å². The van der Waals surface area contributed by atoms with Gasteiger partial charge in [0.15, 0.2) is 0 Å². The highest BCUT2D eigenvalue weighted by Gasteiger charge is 2.11. The molecule has 0 aliphatic rings. The summed E-state index contributed by atoms with van der Waals surface area (Å²) >= 11 is 1.71. The Kier molecular flexibility index (Phi) is 4.14. The molecule has 5 heteroatoms. The van der Waals surface area contributed by atoms with E-state index in [1.165, 1.54) is 10.4 Å². The van der Waals surface area contributed by atoms with E-state index < -0.39 is 0 Å². The van der Waals surface area contributed by atoms with Crippen molar-refractivity contribution in [3.63, 3.8) is 0 Å². The van der Waals surface area contributed by atoms with Gasteiger partial charge in [-0.2, -0.15) is 0 Å². The van der Waals surface area contributed by atoms with Gasteiger partial charge in [0.05, 0.1) is 11.5 Å². The van der Waals surface area contributed by atoms with E-state index in [0.29, 0.717) is 0 Å². The number of anilines is 1. The van der Waals surface area contributed by atoms with Crippen LogP contribution in [0.4, 0.5) is 5.82 Å². The number of hydrogen-bond donors (Lipinski definition) is 2. The van der Waals surface area contributed by atoms with Gasteiger partial charge in [0.1, 0.15) is 17.0 Å². The van der Waals surface area contributed by atoms with Crippen LogP contribution in [0.3, 0.4) is 0 Å². The van der Waals surface area contributed by atoms with Crippen LogP contribution in [-0.2, 0) is 0 Å². The highest BCUT2D eigenvalue weighted by molar-refractivity contribution is 7.18. The van der Waals surface area contributed by atoms with E-state index in [-0.39, 0.29) is 6.10 Å². The molecule has 0 amide bonds. The first-order valence-electron chi connectivity index (χ1n) is 6.22. The molecule has 98 valence electrons. The average Bonchev–Trinajstić information content (AvgIpc) is 2.61. The second-order valence-corrected chi connectivity index (χ2v) is 5.81. The summed E-state index contributed by atoms with van der Waals surface area (Å²) in [4.78, 5) is 11.0. The summed E-state index contributed by atoms with van der Waals surface area (Å²) in [5.41, 5.74) is 1.26. The molecule has 0 radical (unpaired) electrons. The maximum absolute atomic E-state index is 9.22. The number of aromatic nitrogens is 2. The SMILES string of the molecule is Cc1sc2ncnc(NCCCC(C)O)c2c1C. The van der Waals surface area contributed by atoms with Crippen LogP contribution in [0.1, 0.15) is 30.2 Å². The highest BCUT2D eigenvalue weighted by atomic mass is 32.1. The lowest BCUT2D eigenvalue weighted by atomic mass is 10.2. The van der Waals surface area contributed by atoms with Crippen molar-refractivity contribution in [3.8, 4) is 0 Å². The minimum Gasteiger partial charge on any atom is -0.393 e. The van der Waals surface area contributed by atoms with Crippen molar-refractivity contribution in [1.82, 2.24) is 9.97 Å². The molecular weight excluding hydrogens is 246 g/mol. The Hall–Kier alpha value is -1.20.